The number of hydrogen-bond donors (Lipinski definition) is 3. The number of aryl methyl sites for hydroxylation is 1. The Morgan fingerprint density at radius 1 is 0.844 bits per heavy atom. The Kier molecular flexibility index (Phi) is 5.36. The van der Waals surface area contributed by atoms with Gasteiger partial charge in [0.05, 0.1) is 21.7 Å². The van der Waals surface area contributed by atoms with Crippen molar-refractivity contribution in [2.45, 2.75) is 31.7 Å². The number of ketones is 2. The van der Waals surface area contributed by atoms with E-state index in [2.05, 4.69) is 10.6 Å². The van der Waals surface area contributed by atoms with Crippen molar-refractivity contribution in [1.29, 1.82) is 0 Å². The van der Waals surface area contributed by atoms with Gasteiger partial charge in [0.1, 0.15) is 0 Å². The molecule has 4 rings (SSSR count). The first kappa shape index (κ1) is 21.7. The number of carbonyl (C=O) groups excluding carboxylic acids is 2. The number of carbonyl (C=O) groups is 2. The molecule has 1 aliphatic rings. The summed E-state index contributed by atoms with van der Waals surface area (Å²) in [4.78, 5) is 26.6. The molecular weight excluding hydrogens is 428 g/mol. The van der Waals surface area contributed by atoms with Crippen LogP contribution in [-0.4, -0.2) is 30.6 Å². The molecule has 0 heterocycles. The fourth-order valence-electron chi connectivity index (χ4n) is 3.93. The van der Waals surface area contributed by atoms with Crippen LogP contribution in [0.1, 0.15) is 51.3 Å². The van der Waals surface area contributed by atoms with Gasteiger partial charge >= 0.3 is 0 Å². The standard InChI is InChI=1S/C24H22N2O5S/c1-13(2)25-18-9-10-19(26-15-8-11-20(14(3)12-15)32(29,30)31)22-21(18)23(27)16-6-4-5-7-17(16)24(22)28/h4-13,25-26H,1-3H3,(H,29,30,31). The van der Waals surface area contributed by atoms with E-state index >= 15 is 0 Å². The Morgan fingerprint density at radius 2 is 1.41 bits per heavy atom. The van der Waals surface area contributed by atoms with Crippen LogP contribution in [0.4, 0.5) is 17.1 Å². The number of anilines is 3. The topological polar surface area (TPSA) is 113 Å². The zero-order valence-corrected chi connectivity index (χ0v) is 18.6. The molecule has 0 amide bonds. The predicted octanol–water partition coefficient (Wildman–Crippen LogP) is 4.58. The van der Waals surface area contributed by atoms with E-state index in [1.54, 1.807) is 49.4 Å². The van der Waals surface area contributed by atoms with Crippen molar-refractivity contribution in [3.63, 3.8) is 0 Å². The molecule has 0 saturated heterocycles. The first-order chi connectivity index (χ1) is 15.1. The Hall–Kier alpha value is -3.49. The molecule has 0 spiro atoms. The second-order valence-electron chi connectivity index (χ2n) is 7.99. The molecule has 0 saturated carbocycles. The van der Waals surface area contributed by atoms with Gasteiger partial charge in [-0.25, -0.2) is 0 Å². The third kappa shape index (κ3) is 3.79. The molecule has 7 nitrogen and oxygen atoms in total. The minimum absolute atomic E-state index is 0.0496. The van der Waals surface area contributed by atoms with Crippen LogP contribution in [0, 0.1) is 6.92 Å². The minimum atomic E-state index is -4.34. The predicted molar refractivity (Wildman–Crippen MR) is 123 cm³/mol. The largest absolute Gasteiger partial charge is 0.382 e. The summed E-state index contributed by atoms with van der Waals surface area (Å²) in [5, 5.41) is 6.38. The highest BCUT2D eigenvalue weighted by Gasteiger charge is 2.34. The van der Waals surface area contributed by atoms with Crippen molar-refractivity contribution in [3.8, 4) is 0 Å². The summed E-state index contributed by atoms with van der Waals surface area (Å²) in [6, 6.07) is 14.6. The van der Waals surface area contributed by atoms with Crippen molar-refractivity contribution in [2.75, 3.05) is 10.6 Å². The molecule has 1 aliphatic carbocycles. The Labute approximate surface area is 186 Å². The Balaban J connectivity index is 1.86. The molecule has 164 valence electrons. The molecule has 0 bridgehead atoms. The highest BCUT2D eigenvalue weighted by Crippen LogP contribution is 2.38. The summed E-state index contributed by atoms with van der Waals surface area (Å²) < 4.78 is 32.3. The highest BCUT2D eigenvalue weighted by molar-refractivity contribution is 7.85. The lowest BCUT2D eigenvalue weighted by atomic mass is 9.82. The normalized spacial score (nSPS) is 13.0. The van der Waals surface area contributed by atoms with E-state index in [-0.39, 0.29) is 28.1 Å². The van der Waals surface area contributed by atoms with Crippen LogP contribution in [0.2, 0.25) is 0 Å². The van der Waals surface area contributed by atoms with Crippen molar-refractivity contribution in [2.24, 2.45) is 0 Å². The van der Waals surface area contributed by atoms with Crippen LogP contribution in [0.15, 0.2) is 59.5 Å². The van der Waals surface area contributed by atoms with Gasteiger partial charge in [-0.3, -0.25) is 14.1 Å². The van der Waals surface area contributed by atoms with E-state index in [0.717, 1.165) is 0 Å². The SMILES string of the molecule is Cc1cc(Nc2ccc(NC(C)C)c3c2C(=O)c2ccccc2C3=O)ccc1S(=O)(=O)O. The number of fused-ring (bicyclic) bond motifs is 2. The van der Waals surface area contributed by atoms with E-state index in [1.807, 2.05) is 13.8 Å². The van der Waals surface area contributed by atoms with Gasteiger partial charge in [0.2, 0.25) is 0 Å². The molecule has 0 aliphatic heterocycles. The quantitative estimate of drug-likeness (QED) is 0.382. The van der Waals surface area contributed by atoms with Gasteiger partial charge in [-0.05, 0) is 56.7 Å². The molecule has 0 radical (unpaired) electrons. The number of rotatable bonds is 5. The third-order valence-electron chi connectivity index (χ3n) is 5.25. The smallest absolute Gasteiger partial charge is 0.294 e. The average molecular weight is 451 g/mol. The summed E-state index contributed by atoms with van der Waals surface area (Å²) in [6.07, 6.45) is 0. The van der Waals surface area contributed by atoms with Crippen LogP contribution in [-0.2, 0) is 10.1 Å². The summed E-state index contributed by atoms with van der Waals surface area (Å²) in [5.74, 6) is -0.503. The summed E-state index contributed by atoms with van der Waals surface area (Å²) >= 11 is 0. The van der Waals surface area contributed by atoms with Crippen molar-refractivity contribution < 1.29 is 22.6 Å². The molecule has 0 aromatic heterocycles. The maximum atomic E-state index is 13.4. The van der Waals surface area contributed by atoms with Crippen molar-refractivity contribution in [3.05, 3.63) is 82.4 Å². The maximum Gasteiger partial charge on any atom is 0.294 e. The van der Waals surface area contributed by atoms with Crippen LogP contribution in [0.25, 0.3) is 0 Å². The Bertz CT molecular complexity index is 1380. The fourth-order valence-corrected chi connectivity index (χ4v) is 4.64. The second kappa shape index (κ2) is 7.89. The third-order valence-corrected chi connectivity index (χ3v) is 6.27. The van der Waals surface area contributed by atoms with E-state index in [9.17, 15) is 22.6 Å². The van der Waals surface area contributed by atoms with Gasteiger partial charge in [-0.15, -0.1) is 0 Å². The van der Waals surface area contributed by atoms with E-state index in [4.69, 9.17) is 0 Å². The molecular formula is C24H22N2O5S. The Morgan fingerprint density at radius 3 is 1.94 bits per heavy atom. The number of nitrogens with one attached hydrogen (secondary N) is 2. The molecule has 3 aromatic carbocycles. The number of benzene rings is 3. The van der Waals surface area contributed by atoms with Gasteiger partial charge < -0.3 is 10.6 Å². The lowest BCUT2D eigenvalue weighted by Crippen LogP contribution is -2.25. The van der Waals surface area contributed by atoms with Crippen LogP contribution in [0.3, 0.4) is 0 Å². The first-order valence-electron chi connectivity index (χ1n) is 10.0. The van der Waals surface area contributed by atoms with Gasteiger partial charge in [-0.1, -0.05) is 24.3 Å². The van der Waals surface area contributed by atoms with Gasteiger partial charge in [-0.2, -0.15) is 8.42 Å². The maximum absolute atomic E-state index is 13.4. The molecule has 32 heavy (non-hydrogen) atoms. The summed E-state index contributed by atoms with van der Waals surface area (Å²) in [6.45, 7) is 5.45. The van der Waals surface area contributed by atoms with Gasteiger partial charge in [0, 0.05) is 28.5 Å². The second-order valence-corrected chi connectivity index (χ2v) is 9.38. The lowest BCUT2D eigenvalue weighted by Gasteiger charge is -2.25. The molecule has 0 fully saturated rings. The van der Waals surface area contributed by atoms with Crippen LogP contribution >= 0.6 is 0 Å². The molecule has 3 aromatic rings. The van der Waals surface area contributed by atoms with Crippen molar-refractivity contribution in [1.82, 2.24) is 0 Å². The molecule has 8 heteroatoms. The minimum Gasteiger partial charge on any atom is -0.382 e. The van der Waals surface area contributed by atoms with Gasteiger partial charge in [0.15, 0.2) is 11.6 Å². The van der Waals surface area contributed by atoms with Crippen molar-refractivity contribution >= 4 is 38.7 Å². The van der Waals surface area contributed by atoms with E-state index in [1.165, 1.54) is 12.1 Å². The molecule has 3 N–H and O–H groups in total. The lowest BCUT2D eigenvalue weighted by molar-refractivity contribution is 0.0980. The monoisotopic (exact) mass is 450 g/mol. The number of hydrogen-bond acceptors (Lipinski definition) is 6. The van der Waals surface area contributed by atoms with Crippen LogP contribution < -0.4 is 10.6 Å². The van der Waals surface area contributed by atoms with Gasteiger partial charge in [0.25, 0.3) is 10.1 Å². The highest BCUT2D eigenvalue weighted by atomic mass is 32.2. The summed E-state index contributed by atoms with van der Waals surface area (Å²) in [5.41, 5.74) is 3.13. The fraction of sp³-hybridized carbons (Fsp3) is 0.167. The zero-order valence-electron chi connectivity index (χ0n) is 17.8. The zero-order chi connectivity index (χ0) is 23.2. The van der Waals surface area contributed by atoms with Crippen LogP contribution in [0.5, 0.6) is 0 Å². The molecule has 0 unspecified atom stereocenters. The summed E-state index contributed by atoms with van der Waals surface area (Å²) in [7, 11) is -4.34. The average Bonchev–Trinajstić information content (AvgIpc) is 2.71. The molecule has 0 atom stereocenters. The van der Waals surface area contributed by atoms with E-state index < -0.39 is 10.1 Å². The first-order valence-corrected chi connectivity index (χ1v) is 11.5. The van der Waals surface area contributed by atoms with E-state index in [0.29, 0.717) is 39.3 Å².